The van der Waals surface area contributed by atoms with E-state index in [1.807, 2.05) is 0 Å². The highest BCUT2D eigenvalue weighted by Crippen LogP contribution is 2.35. The van der Waals surface area contributed by atoms with Crippen LogP contribution >= 0.6 is 0 Å². The van der Waals surface area contributed by atoms with E-state index >= 15 is 0 Å². The minimum atomic E-state index is 0.199. The van der Waals surface area contributed by atoms with E-state index in [2.05, 4.69) is 44.3 Å². The number of anilines is 1. The normalized spacial score (nSPS) is 20.1. The SMILES string of the molecule is COC1CCNc2ccc(C(C)(C)C)cc21. The van der Waals surface area contributed by atoms with E-state index in [1.165, 1.54) is 16.8 Å². The van der Waals surface area contributed by atoms with Gasteiger partial charge in [-0.1, -0.05) is 32.9 Å². The molecule has 0 aliphatic carbocycles. The summed E-state index contributed by atoms with van der Waals surface area (Å²) < 4.78 is 5.55. The van der Waals surface area contributed by atoms with Crippen LogP contribution in [0.2, 0.25) is 0 Å². The largest absolute Gasteiger partial charge is 0.385 e. The minimum absolute atomic E-state index is 0.199. The molecule has 0 fully saturated rings. The van der Waals surface area contributed by atoms with Crippen molar-refractivity contribution in [1.29, 1.82) is 0 Å². The van der Waals surface area contributed by atoms with Crippen LogP contribution in [0, 0.1) is 0 Å². The summed E-state index contributed by atoms with van der Waals surface area (Å²) in [5, 5.41) is 3.43. The van der Waals surface area contributed by atoms with E-state index in [9.17, 15) is 0 Å². The molecule has 1 unspecified atom stereocenters. The monoisotopic (exact) mass is 219 g/mol. The standard InChI is InChI=1S/C14H21NO/c1-14(2,3)10-5-6-12-11(9-10)13(16-4)7-8-15-12/h5-6,9,13,15H,7-8H2,1-4H3. The minimum Gasteiger partial charge on any atom is -0.385 e. The van der Waals surface area contributed by atoms with Crippen LogP contribution in [0.5, 0.6) is 0 Å². The van der Waals surface area contributed by atoms with Crippen molar-refractivity contribution in [2.45, 2.75) is 38.7 Å². The number of methoxy groups -OCH3 is 1. The molecule has 2 heteroatoms. The molecule has 2 rings (SSSR count). The molecular weight excluding hydrogens is 198 g/mol. The number of ether oxygens (including phenoxy) is 1. The molecule has 1 N–H and O–H groups in total. The first kappa shape index (κ1) is 11.5. The summed E-state index contributed by atoms with van der Waals surface area (Å²) >= 11 is 0. The number of fused-ring (bicyclic) bond motifs is 1. The summed E-state index contributed by atoms with van der Waals surface area (Å²) in [4.78, 5) is 0. The van der Waals surface area contributed by atoms with Gasteiger partial charge < -0.3 is 10.1 Å². The molecule has 0 aromatic heterocycles. The van der Waals surface area contributed by atoms with Crippen molar-refractivity contribution in [2.75, 3.05) is 19.0 Å². The molecule has 0 bridgehead atoms. The van der Waals surface area contributed by atoms with Crippen molar-refractivity contribution >= 4 is 5.69 Å². The highest BCUT2D eigenvalue weighted by Gasteiger charge is 2.22. The second-order valence-corrected chi connectivity index (χ2v) is 5.49. The summed E-state index contributed by atoms with van der Waals surface area (Å²) in [6.45, 7) is 7.73. The summed E-state index contributed by atoms with van der Waals surface area (Å²) in [5.74, 6) is 0. The third-order valence-corrected chi connectivity index (χ3v) is 3.27. The van der Waals surface area contributed by atoms with Gasteiger partial charge in [-0.05, 0) is 23.5 Å². The van der Waals surface area contributed by atoms with Crippen LogP contribution in [-0.4, -0.2) is 13.7 Å². The van der Waals surface area contributed by atoms with E-state index in [0.29, 0.717) is 0 Å². The van der Waals surface area contributed by atoms with Crippen LogP contribution in [0.4, 0.5) is 5.69 Å². The first-order valence-corrected chi connectivity index (χ1v) is 5.93. The third-order valence-electron chi connectivity index (χ3n) is 3.27. The van der Waals surface area contributed by atoms with Crippen molar-refractivity contribution in [1.82, 2.24) is 0 Å². The van der Waals surface area contributed by atoms with Gasteiger partial charge in [-0.25, -0.2) is 0 Å². The van der Waals surface area contributed by atoms with Crippen molar-refractivity contribution in [3.63, 3.8) is 0 Å². The molecule has 1 heterocycles. The van der Waals surface area contributed by atoms with E-state index in [0.717, 1.165) is 13.0 Å². The lowest BCUT2D eigenvalue weighted by Gasteiger charge is -2.28. The maximum atomic E-state index is 5.55. The molecule has 2 nitrogen and oxygen atoms in total. The van der Waals surface area contributed by atoms with Gasteiger partial charge in [-0.3, -0.25) is 0 Å². The first-order chi connectivity index (χ1) is 7.52. The van der Waals surface area contributed by atoms with E-state index < -0.39 is 0 Å². The Labute approximate surface area is 98.0 Å². The molecule has 0 saturated heterocycles. The zero-order valence-electron chi connectivity index (χ0n) is 10.6. The van der Waals surface area contributed by atoms with Gasteiger partial charge in [-0.15, -0.1) is 0 Å². The summed E-state index contributed by atoms with van der Waals surface area (Å²) in [6.07, 6.45) is 1.30. The number of benzene rings is 1. The maximum absolute atomic E-state index is 5.55. The van der Waals surface area contributed by atoms with Crippen LogP contribution in [0.3, 0.4) is 0 Å². The Morgan fingerprint density at radius 3 is 2.69 bits per heavy atom. The number of hydrogen-bond donors (Lipinski definition) is 1. The number of hydrogen-bond acceptors (Lipinski definition) is 2. The molecule has 1 aromatic carbocycles. The Hall–Kier alpha value is -1.02. The van der Waals surface area contributed by atoms with Gasteiger partial charge in [0.2, 0.25) is 0 Å². The molecule has 0 amide bonds. The topological polar surface area (TPSA) is 21.3 Å². The zero-order valence-corrected chi connectivity index (χ0v) is 10.6. The van der Waals surface area contributed by atoms with Crippen molar-refractivity contribution < 1.29 is 4.74 Å². The highest BCUT2D eigenvalue weighted by molar-refractivity contribution is 5.56. The Morgan fingerprint density at radius 1 is 1.31 bits per heavy atom. The molecule has 1 aliphatic heterocycles. The van der Waals surface area contributed by atoms with Crippen molar-refractivity contribution in [3.8, 4) is 0 Å². The summed E-state index contributed by atoms with van der Waals surface area (Å²) in [5.41, 5.74) is 4.11. The van der Waals surface area contributed by atoms with E-state index in [1.54, 1.807) is 7.11 Å². The lowest BCUT2D eigenvalue weighted by Crippen LogP contribution is -2.20. The summed E-state index contributed by atoms with van der Waals surface area (Å²) in [6, 6.07) is 6.68. The van der Waals surface area contributed by atoms with Crippen LogP contribution < -0.4 is 5.32 Å². The molecule has 1 atom stereocenters. The van der Waals surface area contributed by atoms with Gasteiger partial charge in [0.05, 0.1) is 6.10 Å². The molecule has 16 heavy (non-hydrogen) atoms. The molecule has 88 valence electrons. The Morgan fingerprint density at radius 2 is 2.06 bits per heavy atom. The molecular formula is C14H21NO. The Bertz CT molecular complexity index is 379. The van der Waals surface area contributed by atoms with Gasteiger partial charge in [0, 0.05) is 24.9 Å². The molecule has 0 radical (unpaired) electrons. The average Bonchev–Trinajstić information content (AvgIpc) is 2.26. The molecule has 1 aromatic rings. The number of rotatable bonds is 1. The van der Waals surface area contributed by atoms with Crippen LogP contribution in [0.25, 0.3) is 0 Å². The molecule has 0 spiro atoms. The lowest BCUT2D eigenvalue weighted by atomic mass is 9.84. The smallest absolute Gasteiger partial charge is 0.0857 e. The zero-order chi connectivity index (χ0) is 11.8. The van der Waals surface area contributed by atoms with Crippen molar-refractivity contribution in [2.24, 2.45) is 0 Å². The van der Waals surface area contributed by atoms with Gasteiger partial charge in [0.25, 0.3) is 0 Å². The van der Waals surface area contributed by atoms with E-state index in [-0.39, 0.29) is 11.5 Å². The van der Waals surface area contributed by atoms with Gasteiger partial charge in [0.1, 0.15) is 0 Å². The quantitative estimate of drug-likeness (QED) is 0.780. The summed E-state index contributed by atoms with van der Waals surface area (Å²) in [7, 11) is 1.80. The highest BCUT2D eigenvalue weighted by atomic mass is 16.5. The predicted molar refractivity (Wildman–Crippen MR) is 68.0 cm³/mol. The molecule has 0 saturated carbocycles. The Balaban J connectivity index is 2.43. The molecule has 1 aliphatic rings. The van der Waals surface area contributed by atoms with Crippen molar-refractivity contribution in [3.05, 3.63) is 29.3 Å². The second kappa shape index (κ2) is 4.10. The van der Waals surface area contributed by atoms with E-state index in [4.69, 9.17) is 4.74 Å². The predicted octanol–water partition coefficient (Wildman–Crippen LogP) is 3.49. The van der Waals surface area contributed by atoms with Gasteiger partial charge >= 0.3 is 0 Å². The number of nitrogens with one attached hydrogen (secondary N) is 1. The fourth-order valence-electron chi connectivity index (χ4n) is 2.19. The van der Waals surface area contributed by atoms with Crippen LogP contribution in [0.1, 0.15) is 44.4 Å². The fraction of sp³-hybridized carbons (Fsp3) is 0.571. The van der Waals surface area contributed by atoms with Gasteiger partial charge in [-0.2, -0.15) is 0 Å². The lowest BCUT2D eigenvalue weighted by molar-refractivity contribution is 0.0964. The maximum Gasteiger partial charge on any atom is 0.0857 e. The van der Waals surface area contributed by atoms with Gasteiger partial charge in [0.15, 0.2) is 0 Å². The van der Waals surface area contributed by atoms with Crippen LogP contribution in [-0.2, 0) is 10.2 Å². The Kier molecular flexibility index (Phi) is 2.94. The average molecular weight is 219 g/mol. The fourth-order valence-corrected chi connectivity index (χ4v) is 2.19. The third kappa shape index (κ3) is 2.07. The first-order valence-electron chi connectivity index (χ1n) is 5.93. The second-order valence-electron chi connectivity index (χ2n) is 5.49. The van der Waals surface area contributed by atoms with Crippen LogP contribution in [0.15, 0.2) is 18.2 Å².